The lowest BCUT2D eigenvalue weighted by Gasteiger charge is -2.24. The van der Waals surface area contributed by atoms with E-state index in [9.17, 15) is 18.0 Å². The van der Waals surface area contributed by atoms with Crippen molar-refractivity contribution in [1.29, 1.82) is 0 Å². The summed E-state index contributed by atoms with van der Waals surface area (Å²) in [5.74, 6) is -0.577. The normalized spacial score (nSPS) is 11.0. The summed E-state index contributed by atoms with van der Waals surface area (Å²) in [7, 11) is -4.05. The number of nitrogens with one attached hydrogen (secondary N) is 1. The molecule has 9 heteroatoms. The number of rotatable bonds is 9. The maximum atomic E-state index is 13.4. The molecule has 0 aromatic heterocycles. The van der Waals surface area contributed by atoms with Crippen LogP contribution in [0.1, 0.15) is 22.8 Å². The van der Waals surface area contributed by atoms with Crippen LogP contribution in [0.3, 0.4) is 0 Å². The fraction of sp³-hybridized carbons (Fsp3) is 0.167. The van der Waals surface area contributed by atoms with Crippen LogP contribution in [0.5, 0.6) is 5.75 Å². The van der Waals surface area contributed by atoms with Crippen molar-refractivity contribution in [2.24, 2.45) is 5.73 Å². The molecule has 0 aliphatic carbocycles. The molecule has 0 saturated carbocycles. The van der Waals surface area contributed by atoms with Crippen LogP contribution in [0.15, 0.2) is 77.7 Å². The Kier molecular flexibility index (Phi) is 7.34. The molecule has 0 atom stereocenters. The third kappa shape index (κ3) is 5.89. The second kappa shape index (κ2) is 10.2. The fourth-order valence-electron chi connectivity index (χ4n) is 3.08. The minimum Gasteiger partial charge on any atom is -0.494 e. The van der Waals surface area contributed by atoms with Crippen molar-refractivity contribution in [2.45, 2.75) is 18.7 Å². The Hall–Kier alpha value is -3.85. The monoisotopic (exact) mass is 467 g/mol. The molecule has 3 rings (SSSR count). The number of anilines is 2. The van der Waals surface area contributed by atoms with Crippen LogP contribution in [0.4, 0.5) is 11.4 Å². The molecule has 0 fully saturated rings. The quantitative estimate of drug-likeness (QED) is 0.500. The van der Waals surface area contributed by atoms with Crippen LogP contribution in [-0.2, 0) is 14.8 Å². The second-order valence-corrected chi connectivity index (χ2v) is 9.10. The Morgan fingerprint density at radius 3 is 2.09 bits per heavy atom. The molecular formula is C24H25N3O5S. The van der Waals surface area contributed by atoms with Gasteiger partial charge in [-0.25, -0.2) is 8.42 Å². The van der Waals surface area contributed by atoms with Gasteiger partial charge in [0.25, 0.3) is 10.0 Å². The summed E-state index contributed by atoms with van der Waals surface area (Å²) < 4.78 is 33.3. The smallest absolute Gasteiger partial charge is 0.264 e. The first-order valence-corrected chi connectivity index (χ1v) is 11.7. The van der Waals surface area contributed by atoms with E-state index in [2.05, 4.69) is 5.32 Å². The second-order valence-electron chi connectivity index (χ2n) is 7.24. The minimum absolute atomic E-state index is 0.0325. The zero-order valence-electron chi connectivity index (χ0n) is 18.3. The minimum atomic E-state index is -4.05. The predicted octanol–water partition coefficient (Wildman–Crippen LogP) is 3.33. The number of carbonyl (C=O) groups is 2. The van der Waals surface area contributed by atoms with Gasteiger partial charge >= 0.3 is 0 Å². The molecule has 3 aromatic carbocycles. The van der Waals surface area contributed by atoms with Crippen molar-refractivity contribution < 1.29 is 22.7 Å². The van der Waals surface area contributed by atoms with Gasteiger partial charge < -0.3 is 15.8 Å². The topological polar surface area (TPSA) is 119 Å². The molecule has 0 unspecified atom stereocenters. The maximum Gasteiger partial charge on any atom is 0.264 e. The molecule has 33 heavy (non-hydrogen) atoms. The van der Waals surface area contributed by atoms with Gasteiger partial charge in [0.05, 0.1) is 17.2 Å². The molecular weight excluding hydrogens is 442 g/mol. The Bertz CT molecular complexity index is 1220. The van der Waals surface area contributed by atoms with E-state index in [-0.39, 0.29) is 4.90 Å². The van der Waals surface area contributed by atoms with E-state index >= 15 is 0 Å². The Morgan fingerprint density at radius 1 is 0.939 bits per heavy atom. The SMILES string of the molecule is CCOc1ccc(S(=O)(=O)N(CC(=O)Nc2ccc(C(N)=O)cc2)c2ccc(C)cc2)cc1. The number of aryl methyl sites for hydroxylation is 1. The van der Waals surface area contributed by atoms with Crippen LogP contribution in [-0.4, -0.2) is 33.4 Å². The highest BCUT2D eigenvalue weighted by Crippen LogP contribution is 2.26. The molecule has 0 saturated heterocycles. The zero-order valence-corrected chi connectivity index (χ0v) is 19.1. The standard InChI is InChI=1S/C24H25N3O5S/c1-3-32-21-12-14-22(15-13-21)33(30,31)27(20-10-4-17(2)5-11-20)16-23(28)26-19-8-6-18(7-9-19)24(25)29/h4-15H,3,16H2,1-2H3,(H2,25,29)(H,26,28). The molecule has 3 N–H and O–H groups in total. The fourth-order valence-corrected chi connectivity index (χ4v) is 4.50. The summed E-state index contributed by atoms with van der Waals surface area (Å²) >= 11 is 0. The van der Waals surface area contributed by atoms with Gasteiger partial charge in [0, 0.05) is 11.3 Å². The van der Waals surface area contributed by atoms with Gasteiger partial charge in [-0.15, -0.1) is 0 Å². The van der Waals surface area contributed by atoms with Gasteiger partial charge in [-0.1, -0.05) is 17.7 Å². The van der Waals surface area contributed by atoms with Crippen LogP contribution in [0.2, 0.25) is 0 Å². The highest BCUT2D eigenvalue weighted by molar-refractivity contribution is 7.92. The summed E-state index contributed by atoms with van der Waals surface area (Å²) in [4.78, 5) is 24.0. The van der Waals surface area contributed by atoms with Crippen molar-refractivity contribution >= 4 is 33.2 Å². The number of benzene rings is 3. The summed E-state index contributed by atoms with van der Waals surface area (Å²) in [6.45, 7) is 3.74. The molecule has 8 nitrogen and oxygen atoms in total. The largest absolute Gasteiger partial charge is 0.494 e. The zero-order chi connectivity index (χ0) is 24.0. The van der Waals surface area contributed by atoms with Crippen molar-refractivity contribution in [3.8, 4) is 5.75 Å². The highest BCUT2D eigenvalue weighted by atomic mass is 32.2. The number of ether oxygens (including phenoxy) is 1. The number of carbonyl (C=O) groups excluding carboxylic acids is 2. The Morgan fingerprint density at radius 2 is 1.55 bits per heavy atom. The maximum absolute atomic E-state index is 13.4. The number of hydrogen-bond acceptors (Lipinski definition) is 5. The van der Waals surface area contributed by atoms with Crippen LogP contribution in [0.25, 0.3) is 0 Å². The first kappa shape index (κ1) is 23.8. The molecule has 0 aliphatic rings. The third-order valence-electron chi connectivity index (χ3n) is 4.79. The van der Waals surface area contributed by atoms with E-state index in [1.165, 1.54) is 36.4 Å². The summed E-state index contributed by atoms with van der Waals surface area (Å²) in [5.41, 5.74) is 7.25. The average Bonchev–Trinajstić information content (AvgIpc) is 2.79. The van der Waals surface area contributed by atoms with E-state index in [1.54, 1.807) is 36.4 Å². The van der Waals surface area contributed by atoms with E-state index < -0.39 is 28.4 Å². The van der Waals surface area contributed by atoms with Crippen LogP contribution < -0.4 is 20.1 Å². The lowest BCUT2D eigenvalue weighted by atomic mass is 10.2. The molecule has 0 radical (unpaired) electrons. The van der Waals surface area contributed by atoms with Gasteiger partial charge in [-0.3, -0.25) is 13.9 Å². The first-order valence-electron chi connectivity index (χ1n) is 10.2. The van der Waals surface area contributed by atoms with Crippen LogP contribution >= 0.6 is 0 Å². The predicted molar refractivity (Wildman–Crippen MR) is 127 cm³/mol. The molecule has 0 aliphatic heterocycles. The average molecular weight is 468 g/mol. The van der Waals surface area contributed by atoms with Crippen molar-refractivity contribution in [3.63, 3.8) is 0 Å². The highest BCUT2D eigenvalue weighted by Gasteiger charge is 2.27. The number of hydrogen-bond donors (Lipinski definition) is 2. The summed E-state index contributed by atoms with van der Waals surface area (Å²) in [6.07, 6.45) is 0. The third-order valence-corrected chi connectivity index (χ3v) is 6.57. The Labute approximate surface area is 193 Å². The molecule has 0 heterocycles. The van der Waals surface area contributed by atoms with Crippen molar-refractivity contribution in [1.82, 2.24) is 0 Å². The van der Waals surface area contributed by atoms with E-state index in [4.69, 9.17) is 10.5 Å². The lowest BCUT2D eigenvalue weighted by Crippen LogP contribution is -2.38. The molecule has 172 valence electrons. The lowest BCUT2D eigenvalue weighted by molar-refractivity contribution is -0.114. The summed E-state index contributed by atoms with van der Waals surface area (Å²) in [5, 5.41) is 2.65. The molecule has 2 amide bonds. The number of nitrogens with zero attached hydrogens (tertiary/aromatic N) is 1. The van der Waals surface area contributed by atoms with Crippen LogP contribution in [0, 0.1) is 6.92 Å². The van der Waals surface area contributed by atoms with Gasteiger partial charge in [0.2, 0.25) is 11.8 Å². The number of primary amides is 1. The van der Waals surface area contributed by atoms with Gasteiger partial charge in [0.15, 0.2) is 0 Å². The number of nitrogens with two attached hydrogens (primary N) is 1. The van der Waals surface area contributed by atoms with Crippen molar-refractivity contribution in [3.05, 3.63) is 83.9 Å². The first-order chi connectivity index (χ1) is 15.7. The molecule has 0 spiro atoms. The van der Waals surface area contributed by atoms with E-state index in [1.807, 2.05) is 13.8 Å². The Balaban J connectivity index is 1.88. The van der Waals surface area contributed by atoms with Crippen molar-refractivity contribution in [2.75, 3.05) is 22.8 Å². The van der Waals surface area contributed by atoms with Gasteiger partial charge in [-0.2, -0.15) is 0 Å². The van der Waals surface area contributed by atoms with E-state index in [0.29, 0.717) is 29.3 Å². The summed E-state index contributed by atoms with van der Waals surface area (Å²) in [6, 6.07) is 18.9. The van der Waals surface area contributed by atoms with Gasteiger partial charge in [-0.05, 0) is 74.5 Å². The number of sulfonamides is 1. The molecule has 0 bridgehead atoms. The number of amides is 2. The van der Waals surface area contributed by atoms with Gasteiger partial charge in [0.1, 0.15) is 12.3 Å². The van der Waals surface area contributed by atoms with E-state index in [0.717, 1.165) is 9.87 Å². The molecule has 3 aromatic rings.